The second-order valence-corrected chi connectivity index (χ2v) is 15.9. The number of benzene rings is 8. The molecule has 0 unspecified atom stereocenters. The summed E-state index contributed by atoms with van der Waals surface area (Å²) in [6, 6.07) is 46.3. The predicted octanol–water partition coefficient (Wildman–Crippen LogP) is 11.8. The van der Waals surface area contributed by atoms with Gasteiger partial charge in [-0.25, -0.2) is 0 Å². The van der Waals surface area contributed by atoms with Gasteiger partial charge in [0.05, 0.1) is 13.2 Å². The Kier molecular flexibility index (Phi) is 9.81. The molecule has 0 amide bonds. The van der Waals surface area contributed by atoms with Gasteiger partial charge in [-0.1, -0.05) is 122 Å². The molecule has 58 heavy (non-hydrogen) atoms. The van der Waals surface area contributed by atoms with Gasteiger partial charge in [0.25, 0.3) is 0 Å². The first kappa shape index (κ1) is 36.3. The summed E-state index contributed by atoms with van der Waals surface area (Å²) < 4.78 is 13.4. The smallest absolute Gasteiger partial charge is 0.128 e. The first-order valence-electron chi connectivity index (χ1n) is 20.9. The van der Waals surface area contributed by atoms with Crippen molar-refractivity contribution in [1.82, 2.24) is 10.6 Å². The van der Waals surface area contributed by atoms with E-state index in [0.717, 1.165) is 126 Å². The molecule has 1 fully saturated rings. The van der Waals surface area contributed by atoms with Crippen LogP contribution in [0.15, 0.2) is 133 Å². The van der Waals surface area contributed by atoms with Crippen LogP contribution in [0.5, 0.6) is 23.0 Å². The van der Waals surface area contributed by atoms with E-state index < -0.39 is 0 Å². The molecule has 0 saturated heterocycles. The molecule has 1 aliphatic heterocycles. The zero-order valence-electron chi connectivity index (χ0n) is 32.6. The highest BCUT2D eigenvalue weighted by Crippen LogP contribution is 2.48. The Labute approximate surface area is 339 Å². The minimum Gasteiger partial charge on any atom is -0.507 e. The van der Waals surface area contributed by atoms with Gasteiger partial charge in [-0.3, -0.25) is 0 Å². The SMILES string of the molecule is Oc1c2cc3ccccc3c1-c1c(ccc3ccccc13)OCCCCOc1ccc3ccccc3c1-c1c(O)c(cc3ccccc13)CN[C@@H]1CCCC[C@H]1NC2. The lowest BCUT2D eigenvalue weighted by Crippen LogP contribution is -2.49. The Morgan fingerprint density at radius 1 is 0.414 bits per heavy atom. The van der Waals surface area contributed by atoms with E-state index in [0.29, 0.717) is 26.3 Å². The second kappa shape index (κ2) is 15.7. The first-order valence-corrected chi connectivity index (χ1v) is 20.9. The zero-order chi connectivity index (χ0) is 39.0. The minimum atomic E-state index is 0.178. The molecule has 4 N–H and O–H groups in total. The Hall–Kier alpha value is -6.08. The van der Waals surface area contributed by atoms with Gasteiger partial charge in [0.1, 0.15) is 23.0 Å². The molecule has 1 heterocycles. The summed E-state index contributed by atoms with van der Waals surface area (Å²) in [6.45, 7) is 2.01. The molecular formula is C52H48N2O4. The molecule has 4 bridgehead atoms. The van der Waals surface area contributed by atoms with E-state index in [4.69, 9.17) is 9.47 Å². The largest absolute Gasteiger partial charge is 0.507 e. The summed E-state index contributed by atoms with van der Waals surface area (Å²) in [6.07, 6.45) is 5.85. The van der Waals surface area contributed by atoms with Crippen LogP contribution in [0.3, 0.4) is 0 Å². The van der Waals surface area contributed by atoms with Gasteiger partial charge in [0.15, 0.2) is 0 Å². The zero-order valence-corrected chi connectivity index (χ0v) is 32.6. The number of fused-ring (bicyclic) bond motifs is 17. The molecule has 0 spiro atoms. The van der Waals surface area contributed by atoms with Crippen LogP contribution < -0.4 is 20.1 Å². The maximum Gasteiger partial charge on any atom is 0.128 e. The van der Waals surface area contributed by atoms with Crippen molar-refractivity contribution in [3.63, 3.8) is 0 Å². The highest BCUT2D eigenvalue weighted by Gasteiger charge is 2.28. The summed E-state index contributed by atoms with van der Waals surface area (Å²) in [4.78, 5) is 0. The van der Waals surface area contributed by atoms with Gasteiger partial charge in [-0.15, -0.1) is 0 Å². The van der Waals surface area contributed by atoms with Crippen molar-refractivity contribution in [3.8, 4) is 45.3 Å². The fraction of sp³-hybridized carbons (Fsp3) is 0.231. The minimum absolute atomic E-state index is 0.178. The van der Waals surface area contributed by atoms with Crippen LogP contribution in [0.25, 0.3) is 65.3 Å². The third-order valence-electron chi connectivity index (χ3n) is 12.4. The van der Waals surface area contributed by atoms with Crippen molar-refractivity contribution in [2.75, 3.05) is 13.2 Å². The molecule has 1 saturated carbocycles. The van der Waals surface area contributed by atoms with E-state index in [2.05, 4.69) is 132 Å². The van der Waals surface area contributed by atoms with Crippen molar-refractivity contribution in [3.05, 3.63) is 145 Å². The fourth-order valence-electron chi connectivity index (χ4n) is 9.49. The molecule has 1 aliphatic carbocycles. The first-order chi connectivity index (χ1) is 28.6. The van der Waals surface area contributed by atoms with E-state index in [1.165, 1.54) is 0 Å². The van der Waals surface area contributed by atoms with Crippen LogP contribution in [0.2, 0.25) is 0 Å². The maximum absolute atomic E-state index is 12.4. The summed E-state index contributed by atoms with van der Waals surface area (Å²) in [5, 5.41) is 40.9. The lowest BCUT2D eigenvalue weighted by atomic mass is 9.88. The van der Waals surface area contributed by atoms with Crippen LogP contribution in [-0.4, -0.2) is 35.5 Å². The molecule has 6 heteroatoms. The summed E-state index contributed by atoms with van der Waals surface area (Å²) in [5.41, 5.74) is 5.16. The van der Waals surface area contributed by atoms with Gasteiger partial charge in [0, 0.05) is 58.6 Å². The van der Waals surface area contributed by atoms with E-state index in [-0.39, 0.29) is 23.6 Å². The Morgan fingerprint density at radius 3 is 1.22 bits per heavy atom. The van der Waals surface area contributed by atoms with Gasteiger partial charge >= 0.3 is 0 Å². The molecule has 10 rings (SSSR count). The van der Waals surface area contributed by atoms with Crippen LogP contribution in [0.1, 0.15) is 49.7 Å². The number of phenolic OH excluding ortho intramolecular Hbond substituents is 2. The maximum atomic E-state index is 12.4. The van der Waals surface area contributed by atoms with E-state index in [1.807, 2.05) is 12.1 Å². The molecule has 6 nitrogen and oxygen atoms in total. The number of rotatable bonds is 0. The van der Waals surface area contributed by atoms with Crippen molar-refractivity contribution >= 4 is 43.1 Å². The van der Waals surface area contributed by atoms with Crippen molar-refractivity contribution in [2.45, 2.75) is 63.7 Å². The molecule has 8 aromatic rings. The molecule has 0 aromatic heterocycles. The summed E-state index contributed by atoms with van der Waals surface area (Å²) in [7, 11) is 0. The van der Waals surface area contributed by atoms with Gasteiger partial charge in [0.2, 0.25) is 0 Å². The molecule has 2 aliphatic rings. The normalized spacial score (nSPS) is 17.9. The Bertz CT molecular complexity index is 2620. The quantitative estimate of drug-likeness (QED) is 0.123. The molecule has 2 atom stereocenters. The summed E-state index contributed by atoms with van der Waals surface area (Å²) in [5.74, 6) is 2.07. The Morgan fingerprint density at radius 2 is 0.793 bits per heavy atom. The number of ether oxygens (including phenoxy) is 2. The van der Waals surface area contributed by atoms with Crippen LogP contribution in [0.4, 0.5) is 0 Å². The monoisotopic (exact) mass is 764 g/mol. The van der Waals surface area contributed by atoms with Gasteiger partial charge in [-0.2, -0.15) is 0 Å². The number of phenols is 2. The van der Waals surface area contributed by atoms with Crippen molar-refractivity contribution in [2.24, 2.45) is 0 Å². The topological polar surface area (TPSA) is 83.0 Å². The average Bonchev–Trinajstić information content (AvgIpc) is 3.26. The van der Waals surface area contributed by atoms with E-state index in [1.54, 1.807) is 0 Å². The number of hydrogen-bond donors (Lipinski definition) is 4. The number of aromatic hydroxyl groups is 2. The lowest BCUT2D eigenvalue weighted by molar-refractivity contribution is 0.268. The third kappa shape index (κ3) is 6.66. The lowest BCUT2D eigenvalue weighted by Gasteiger charge is -2.33. The number of hydrogen-bond acceptors (Lipinski definition) is 6. The van der Waals surface area contributed by atoms with Gasteiger partial charge < -0.3 is 30.3 Å². The highest BCUT2D eigenvalue weighted by molar-refractivity contribution is 6.11. The average molecular weight is 765 g/mol. The predicted molar refractivity (Wildman–Crippen MR) is 237 cm³/mol. The van der Waals surface area contributed by atoms with Crippen molar-refractivity contribution in [1.29, 1.82) is 0 Å². The fourth-order valence-corrected chi connectivity index (χ4v) is 9.49. The second-order valence-electron chi connectivity index (χ2n) is 15.9. The molecule has 290 valence electrons. The third-order valence-corrected chi connectivity index (χ3v) is 12.4. The highest BCUT2D eigenvalue weighted by atomic mass is 16.5. The summed E-state index contributed by atoms with van der Waals surface area (Å²) >= 11 is 0. The van der Waals surface area contributed by atoms with Crippen LogP contribution >= 0.6 is 0 Å². The van der Waals surface area contributed by atoms with Crippen LogP contribution in [0, 0.1) is 0 Å². The van der Waals surface area contributed by atoms with Gasteiger partial charge in [-0.05, 0) is 93.0 Å². The standard InChI is InChI=1S/C52H48N2O4/c55-51-37-29-35-15-3-7-19-41(35)49(51)47-39-17-5-1-13-33(39)23-25-45(47)57-27-11-12-28-58-46-26-24-34-14-2-6-18-40(34)48(46)50-42-20-8-4-16-36(42)30-38(52(50)56)32-54-44-22-10-9-21-43(44)53-31-37/h1-8,13-20,23-26,29-30,43-44,53-56H,9-12,21-22,27-28,31-32H2/t43-,44-/m1/s1. The van der Waals surface area contributed by atoms with Crippen molar-refractivity contribution < 1.29 is 19.7 Å². The number of nitrogens with one attached hydrogen (secondary N) is 2. The van der Waals surface area contributed by atoms with E-state index in [9.17, 15) is 10.2 Å². The molecular weight excluding hydrogens is 717 g/mol. The van der Waals surface area contributed by atoms with E-state index >= 15 is 0 Å². The van der Waals surface area contributed by atoms with Crippen LogP contribution in [-0.2, 0) is 13.1 Å². The molecule has 8 aromatic carbocycles. The molecule has 0 radical (unpaired) electrons. The Balaban J connectivity index is 1.10.